The quantitative estimate of drug-likeness (QED) is 0.807. The maximum absolute atomic E-state index is 11.2. The average Bonchev–Trinajstić information content (AvgIpc) is 2.70. The van der Waals surface area contributed by atoms with E-state index in [4.69, 9.17) is 0 Å². The van der Waals surface area contributed by atoms with Crippen molar-refractivity contribution in [3.8, 4) is 0 Å². The van der Waals surface area contributed by atoms with Gasteiger partial charge in [-0.05, 0) is 17.9 Å². The number of amides is 1. The molecule has 0 fully saturated rings. The molecule has 3 nitrogen and oxygen atoms in total. The fourth-order valence-electron chi connectivity index (χ4n) is 1.16. The Labute approximate surface area is 94.1 Å². The first-order valence-corrected chi connectivity index (χ1v) is 5.98. The molecule has 0 aliphatic heterocycles. The molecule has 0 spiro atoms. The SMILES string of the molecule is CC(C)C(=O)NCCC(O)c1cccs1. The summed E-state index contributed by atoms with van der Waals surface area (Å²) in [5, 5.41) is 14.4. The lowest BCUT2D eigenvalue weighted by atomic mass is 10.2. The molecule has 0 bridgehead atoms. The third-order valence-electron chi connectivity index (χ3n) is 2.11. The summed E-state index contributed by atoms with van der Waals surface area (Å²) in [5.41, 5.74) is 0. The van der Waals surface area contributed by atoms with Gasteiger partial charge in [-0.15, -0.1) is 11.3 Å². The van der Waals surface area contributed by atoms with Crippen LogP contribution in [0.1, 0.15) is 31.2 Å². The predicted octanol–water partition coefficient (Wildman–Crippen LogP) is 1.94. The molecule has 0 aliphatic rings. The van der Waals surface area contributed by atoms with Crippen LogP contribution >= 0.6 is 11.3 Å². The first-order chi connectivity index (χ1) is 7.11. The molecule has 1 unspecified atom stereocenters. The molecule has 4 heteroatoms. The summed E-state index contributed by atoms with van der Waals surface area (Å²) in [5.74, 6) is 0.0391. The molecule has 1 rings (SSSR count). The molecular weight excluding hydrogens is 210 g/mol. The zero-order valence-corrected chi connectivity index (χ0v) is 9.88. The van der Waals surface area contributed by atoms with Crippen LogP contribution in [0.5, 0.6) is 0 Å². The molecule has 0 aliphatic carbocycles. The Kier molecular flexibility index (Phi) is 4.78. The van der Waals surface area contributed by atoms with E-state index in [0.29, 0.717) is 13.0 Å². The van der Waals surface area contributed by atoms with Gasteiger partial charge in [0.15, 0.2) is 0 Å². The zero-order chi connectivity index (χ0) is 11.3. The summed E-state index contributed by atoms with van der Waals surface area (Å²) in [4.78, 5) is 12.2. The van der Waals surface area contributed by atoms with Gasteiger partial charge in [0.05, 0.1) is 6.10 Å². The number of aliphatic hydroxyl groups excluding tert-OH is 1. The molecule has 2 N–H and O–H groups in total. The van der Waals surface area contributed by atoms with Crippen LogP contribution in [0, 0.1) is 5.92 Å². The minimum absolute atomic E-state index is 0.00359. The number of hydrogen-bond donors (Lipinski definition) is 2. The van der Waals surface area contributed by atoms with Crippen molar-refractivity contribution >= 4 is 17.2 Å². The predicted molar refractivity (Wildman–Crippen MR) is 61.7 cm³/mol. The van der Waals surface area contributed by atoms with Gasteiger partial charge in [-0.25, -0.2) is 0 Å². The first kappa shape index (κ1) is 12.2. The number of carbonyl (C=O) groups excluding carboxylic acids is 1. The molecule has 15 heavy (non-hydrogen) atoms. The molecule has 1 atom stereocenters. The molecule has 1 aromatic rings. The van der Waals surface area contributed by atoms with E-state index < -0.39 is 6.10 Å². The highest BCUT2D eigenvalue weighted by atomic mass is 32.1. The normalized spacial score (nSPS) is 12.8. The third kappa shape index (κ3) is 4.01. The van der Waals surface area contributed by atoms with Crippen LogP contribution in [0.2, 0.25) is 0 Å². The van der Waals surface area contributed by atoms with E-state index in [1.54, 1.807) is 0 Å². The second kappa shape index (κ2) is 5.88. The van der Waals surface area contributed by atoms with Gasteiger partial charge in [-0.3, -0.25) is 4.79 Å². The fraction of sp³-hybridized carbons (Fsp3) is 0.545. The number of nitrogens with one attached hydrogen (secondary N) is 1. The third-order valence-corrected chi connectivity index (χ3v) is 3.09. The zero-order valence-electron chi connectivity index (χ0n) is 9.06. The maximum atomic E-state index is 11.2. The highest BCUT2D eigenvalue weighted by Gasteiger charge is 2.10. The van der Waals surface area contributed by atoms with Gasteiger partial charge in [0.25, 0.3) is 0 Å². The van der Waals surface area contributed by atoms with Crippen molar-refractivity contribution < 1.29 is 9.90 Å². The molecule has 0 radical (unpaired) electrons. The summed E-state index contributed by atoms with van der Waals surface area (Å²) in [6.45, 7) is 4.23. The standard InChI is InChI=1S/C11H17NO2S/c1-8(2)11(14)12-6-5-9(13)10-4-3-7-15-10/h3-4,7-9,13H,5-6H2,1-2H3,(H,12,14). The Bertz CT molecular complexity index is 296. The minimum atomic E-state index is -0.461. The van der Waals surface area contributed by atoms with Gasteiger partial charge in [-0.1, -0.05) is 19.9 Å². The Morgan fingerprint density at radius 3 is 2.87 bits per heavy atom. The Morgan fingerprint density at radius 2 is 2.33 bits per heavy atom. The first-order valence-electron chi connectivity index (χ1n) is 5.10. The van der Waals surface area contributed by atoms with Crippen molar-refractivity contribution in [2.45, 2.75) is 26.4 Å². The van der Waals surface area contributed by atoms with E-state index in [9.17, 15) is 9.90 Å². The second-order valence-electron chi connectivity index (χ2n) is 3.77. The maximum Gasteiger partial charge on any atom is 0.222 e. The Balaban J connectivity index is 2.24. The van der Waals surface area contributed by atoms with Crippen LogP contribution in [0.25, 0.3) is 0 Å². The lowest BCUT2D eigenvalue weighted by molar-refractivity contribution is -0.124. The lowest BCUT2D eigenvalue weighted by Gasteiger charge is -2.10. The monoisotopic (exact) mass is 227 g/mol. The van der Waals surface area contributed by atoms with E-state index >= 15 is 0 Å². The van der Waals surface area contributed by atoms with Crippen LogP contribution in [-0.4, -0.2) is 17.6 Å². The lowest BCUT2D eigenvalue weighted by Crippen LogP contribution is -2.29. The molecule has 1 aromatic heterocycles. The van der Waals surface area contributed by atoms with Crippen molar-refractivity contribution in [3.05, 3.63) is 22.4 Å². The summed E-state index contributed by atoms with van der Waals surface area (Å²) < 4.78 is 0. The van der Waals surface area contributed by atoms with Crippen molar-refractivity contribution in [1.29, 1.82) is 0 Å². The number of rotatable bonds is 5. The molecule has 0 aromatic carbocycles. The van der Waals surface area contributed by atoms with Crippen LogP contribution in [0.4, 0.5) is 0 Å². The summed E-state index contributed by atoms with van der Waals surface area (Å²) >= 11 is 1.53. The van der Waals surface area contributed by atoms with Crippen molar-refractivity contribution in [1.82, 2.24) is 5.32 Å². The Morgan fingerprint density at radius 1 is 1.60 bits per heavy atom. The van der Waals surface area contributed by atoms with E-state index in [1.165, 1.54) is 11.3 Å². The summed E-state index contributed by atoms with van der Waals surface area (Å²) in [7, 11) is 0. The average molecular weight is 227 g/mol. The number of thiophene rings is 1. The van der Waals surface area contributed by atoms with Gasteiger partial charge in [0.2, 0.25) is 5.91 Å². The van der Waals surface area contributed by atoms with Crippen LogP contribution < -0.4 is 5.32 Å². The largest absolute Gasteiger partial charge is 0.388 e. The van der Waals surface area contributed by atoms with Gasteiger partial charge in [-0.2, -0.15) is 0 Å². The van der Waals surface area contributed by atoms with Crippen molar-refractivity contribution in [2.24, 2.45) is 5.92 Å². The van der Waals surface area contributed by atoms with E-state index in [1.807, 2.05) is 31.4 Å². The minimum Gasteiger partial charge on any atom is -0.388 e. The van der Waals surface area contributed by atoms with E-state index in [-0.39, 0.29) is 11.8 Å². The van der Waals surface area contributed by atoms with Crippen molar-refractivity contribution in [3.63, 3.8) is 0 Å². The Hall–Kier alpha value is -0.870. The second-order valence-corrected chi connectivity index (χ2v) is 4.74. The summed E-state index contributed by atoms with van der Waals surface area (Å²) in [6, 6.07) is 3.81. The smallest absolute Gasteiger partial charge is 0.222 e. The van der Waals surface area contributed by atoms with Crippen LogP contribution in [0.15, 0.2) is 17.5 Å². The van der Waals surface area contributed by atoms with E-state index in [0.717, 1.165) is 4.88 Å². The van der Waals surface area contributed by atoms with Gasteiger partial charge in [0, 0.05) is 17.3 Å². The molecule has 0 saturated heterocycles. The molecule has 84 valence electrons. The number of hydrogen-bond acceptors (Lipinski definition) is 3. The topological polar surface area (TPSA) is 49.3 Å². The van der Waals surface area contributed by atoms with Gasteiger partial charge in [0.1, 0.15) is 0 Å². The number of carbonyl (C=O) groups is 1. The molecule has 0 saturated carbocycles. The number of aliphatic hydroxyl groups is 1. The molecule has 1 amide bonds. The highest BCUT2D eigenvalue weighted by Crippen LogP contribution is 2.20. The van der Waals surface area contributed by atoms with E-state index in [2.05, 4.69) is 5.32 Å². The summed E-state index contributed by atoms with van der Waals surface area (Å²) in [6.07, 6.45) is 0.108. The van der Waals surface area contributed by atoms with Crippen LogP contribution in [0.3, 0.4) is 0 Å². The van der Waals surface area contributed by atoms with Gasteiger partial charge >= 0.3 is 0 Å². The molecular formula is C11H17NO2S. The fourth-order valence-corrected chi connectivity index (χ4v) is 1.91. The van der Waals surface area contributed by atoms with Crippen molar-refractivity contribution in [2.75, 3.05) is 6.54 Å². The molecule has 1 heterocycles. The van der Waals surface area contributed by atoms with Crippen LogP contribution in [-0.2, 0) is 4.79 Å². The van der Waals surface area contributed by atoms with Gasteiger partial charge < -0.3 is 10.4 Å². The highest BCUT2D eigenvalue weighted by molar-refractivity contribution is 7.10.